The number of para-hydroxylation sites is 2. The van der Waals surface area contributed by atoms with E-state index < -0.39 is 0 Å². The van der Waals surface area contributed by atoms with Crippen LogP contribution in [0.5, 0.6) is 5.75 Å². The number of hydrogen-bond donors (Lipinski definition) is 1. The zero-order valence-corrected chi connectivity index (χ0v) is 14.4. The lowest BCUT2D eigenvalue weighted by atomic mass is 10.3. The first kappa shape index (κ1) is 16.2. The summed E-state index contributed by atoms with van der Waals surface area (Å²) < 4.78 is 6.00. The maximum Gasteiger partial charge on any atom is 0.142 e. The van der Waals surface area contributed by atoms with E-state index in [1.54, 1.807) is 11.3 Å². The molecule has 124 valence electrons. The quantitative estimate of drug-likeness (QED) is 0.843. The molecule has 0 spiro atoms. The summed E-state index contributed by atoms with van der Waals surface area (Å²) in [6.45, 7) is 6.97. The van der Waals surface area contributed by atoms with Crippen molar-refractivity contribution in [2.24, 2.45) is 0 Å². The molecule has 1 saturated heterocycles. The van der Waals surface area contributed by atoms with E-state index in [0.717, 1.165) is 63.0 Å². The van der Waals surface area contributed by atoms with Gasteiger partial charge in [-0.25, -0.2) is 4.98 Å². The first-order valence-electron chi connectivity index (χ1n) is 8.05. The number of piperazine rings is 1. The van der Waals surface area contributed by atoms with Crippen LogP contribution in [0.4, 0.5) is 5.69 Å². The average molecular weight is 332 g/mol. The molecule has 1 aliphatic heterocycles. The largest absolute Gasteiger partial charge is 0.490 e. The Labute approximate surface area is 141 Å². The third kappa shape index (κ3) is 4.92. The van der Waals surface area contributed by atoms with Gasteiger partial charge in [-0.05, 0) is 19.2 Å². The number of nitrogens with zero attached hydrogens (tertiary/aromatic N) is 3. The van der Waals surface area contributed by atoms with Gasteiger partial charge >= 0.3 is 0 Å². The van der Waals surface area contributed by atoms with Gasteiger partial charge in [0.25, 0.3) is 0 Å². The van der Waals surface area contributed by atoms with E-state index in [-0.39, 0.29) is 0 Å². The van der Waals surface area contributed by atoms with Gasteiger partial charge in [-0.2, -0.15) is 0 Å². The summed E-state index contributed by atoms with van der Waals surface area (Å²) in [5.74, 6) is 0.914. The lowest BCUT2D eigenvalue weighted by Gasteiger charge is -2.32. The van der Waals surface area contributed by atoms with Gasteiger partial charge in [0.1, 0.15) is 12.4 Å². The van der Waals surface area contributed by atoms with Gasteiger partial charge in [0.15, 0.2) is 0 Å². The minimum atomic E-state index is 0.721. The van der Waals surface area contributed by atoms with Crippen LogP contribution in [0.15, 0.2) is 35.2 Å². The van der Waals surface area contributed by atoms with E-state index in [1.165, 1.54) is 0 Å². The van der Waals surface area contributed by atoms with Crippen molar-refractivity contribution < 1.29 is 4.74 Å². The van der Waals surface area contributed by atoms with E-state index in [4.69, 9.17) is 4.74 Å². The Kier molecular flexibility index (Phi) is 5.85. The number of rotatable bonds is 7. The van der Waals surface area contributed by atoms with E-state index >= 15 is 0 Å². The zero-order valence-electron chi connectivity index (χ0n) is 13.6. The van der Waals surface area contributed by atoms with Crippen LogP contribution in [-0.4, -0.2) is 61.2 Å². The molecule has 3 rings (SSSR count). The summed E-state index contributed by atoms with van der Waals surface area (Å²) in [7, 11) is 2.18. The molecule has 2 heterocycles. The van der Waals surface area contributed by atoms with Crippen molar-refractivity contribution in [3.8, 4) is 5.75 Å². The molecular formula is C17H24N4OS. The molecule has 1 aromatic carbocycles. The molecule has 5 nitrogen and oxygen atoms in total. The first-order valence-corrected chi connectivity index (χ1v) is 8.99. The van der Waals surface area contributed by atoms with Gasteiger partial charge in [-0.1, -0.05) is 12.1 Å². The van der Waals surface area contributed by atoms with E-state index in [2.05, 4.69) is 38.6 Å². The molecule has 0 aliphatic carbocycles. The lowest BCUT2D eigenvalue weighted by Crippen LogP contribution is -2.45. The van der Waals surface area contributed by atoms with Gasteiger partial charge < -0.3 is 15.0 Å². The van der Waals surface area contributed by atoms with Crippen molar-refractivity contribution in [1.82, 2.24) is 14.8 Å². The summed E-state index contributed by atoms with van der Waals surface area (Å²) in [5.41, 5.74) is 3.94. The fraction of sp³-hybridized carbons (Fsp3) is 0.471. The number of likely N-dealkylation sites (N-methyl/N-ethyl adjacent to an activating group) is 1. The molecule has 1 aromatic heterocycles. The molecule has 0 unspecified atom stereocenters. The predicted molar refractivity (Wildman–Crippen MR) is 95.3 cm³/mol. The van der Waals surface area contributed by atoms with Crippen LogP contribution in [-0.2, 0) is 6.54 Å². The van der Waals surface area contributed by atoms with Crippen LogP contribution in [0.2, 0.25) is 0 Å². The minimum Gasteiger partial charge on any atom is -0.490 e. The molecule has 0 amide bonds. The number of hydrogen-bond acceptors (Lipinski definition) is 6. The summed E-state index contributed by atoms with van der Waals surface area (Å²) in [6, 6.07) is 8.11. The van der Waals surface area contributed by atoms with Crippen LogP contribution in [0, 0.1) is 0 Å². The first-order chi connectivity index (χ1) is 11.3. The van der Waals surface area contributed by atoms with Crippen molar-refractivity contribution in [2.75, 3.05) is 51.7 Å². The van der Waals surface area contributed by atoms with Gasteiger partial charge in [0.2, 0.25) is 0 Å². The normalized spacial score (nSPS) is 16.4. The highest BCUT2D eigenvalue weighted by Gasteiger charge is 2.13. The highest BCUT2D eigenvalue weighted by atomic mass is 32.1. The summed E-state index contributed by atoms with van der Waals surface area (Å²) in [6.07, 6.45) is 0. The standard InChI is InChI=1S/C17H24N4OS/c1-20-6-8-21(9-7-20)10-11-22-17-5-3-2-4-16(17)18-12-15-13-23-14-19-15/h2-5,13-14,18H,6-12H2,1H3. The fourth-order valence-electron chi connectivity index (χ4n) is 2.61. The van der Waals surface area contributed by atoms with Crippen molar-refractivity contribution in [2.45, 2.75) is 6.54 Å². The molecule has 2 aromatic rings. The second-order valence-electron chi connectivity index (χ2n) is 5.82. The van der Waals surface area contributed by atoms with Crippen LogP contribution < -0.4 is 10.1 Å². The second kappa shape index (κ2) is 8.29. The number of anilines is 1. The van der Waals surface area contributed by atoms with E-state index in [1.807, 2.05) is 23.7 Å². The number of nitrogens with one attached hydrogen (secondary N) is 1. The molecule has 1 N–H and O–H groups in total. The molecule has 0 saturated carbocycles. The minimum absolute atomic E-state index is 0.721. The Morgan fingerprint density at radius 3 is 2.83 bits per heavy atom. The van der Waals surface area contributed by atoms with Crippen molar-refractivity contribution in [1.29, 1.82) is 0 Å². The molecule has 1 aliphatic rings. The Bertz CT molecular complexity index is 582. The topological polar surface area (TPSA) is 40.6 Å². The highest BCUT2D eigenvalue weighted by Crippen LogP contribution is 2.24. The van der Waals surface area contributed by atoms with E-state index in [0.29, 0.717) is 0 Å². The predicted octanol–water partition coefficient (Wildman–Crippen LogP) is 2.38. The van der Waals surface area contributed by atoms with Gasteiger partial charge in [-0.15, -0.1) is 11.3 Å². The Balaban J connectivity index is 1.47. The third-order valence-electron chi connectivity index (χ3n) is 4.09. The van der Waals surface area contributed by atoms with Gasteiger partial charge in [0.05, 0.1) is 23.4 Å². The van der Waals surface area contributed by atoms with Crippen LogP contribution in [0.1, 0.15) is 5.69 Å². The maximum atomic E-state index is 6.00. The number of benzene rings is 1. The molecular weight excluding hydrogens is 308 g/mol. The molecule has 1 fully saturated rings. The summed E-state index contributed by atoms with van der Waals surface area (Å²) in [4.78, 5) is 9.13. The van der Waals surface area contributed by atoms with Gasteiger partial charge in [0, 0.05) is 38.1 Å². The molecule has 6 heteroatoms. The SMILES string of the molecule is CN1CCN(CCOc2ccccc2NCc2cscn2)CC1. The fourth-order valence-corrected chi connectivity index (χ4v) is 3.16. The third-order valence-corrected chi connectivity index (χ3v) is 4.73. The van der Waals surface area contributed by atoms with Crippen molar-refractivity contribution in [3.63, 3.8) is 0 Å². The number of ether oxygens (including phenoxy) is 1. The molecule has 0 radical (unpaired) electrons. The van der Waals surface area contributed by atoms with Crippen LogP contribution in [0.3, 0.4) is 0 Å². The van der Waals surface area contributed by atoms with Gasteiger partial charge in [-0.3, -0.25) is 4.90 Å². The Morgan fingerprint density at radius 2 is 2.04 bits per heavy atom. The van der Waals surface area contributed by atoms with E-state index in [9.17, 15) is 0 Å². The maximum absolute atomic E-state index is 6.00. The zero-order chi connectivity index (χ0) is 15.9. The van der Waals surface area contributed by atoms with Crippen molar-refractivity contribution >= 4 is 17.0 Å². The Hall–Kier alpha value is -1.63. The highest BCUT2D eigenvalue weighted by molar-refractivity contribution is 7.07. The smallest absolute Gasteiger partial charge is 0.142 e. The lowest BCUT2D eigenvalue weighted by molar-refractivity contribution is 0.134. The number of thiazole rings is 1. The number of aromatic nitrogens is 1. The Morgan fingerprint density at radius 1 is 1.22 bits per heavy atom. The average Bonchev–Trinajstić information content (AvgIpc) is 3.09. The van der Waals surface area contributed by atoms with Crippen LogP contribution in [0.25, 0.3) is 0 Å². The molecule has 23 heavy (non-hydrogen) atoms. The second-order valence-corrected chi connectivity index (χ2v) is 6.54. The van der Waals surface area contributed by atoms with Crippen molar-refractivity contribution in [3.05, 3.63) is 40.8 Å². The molecule has 0 bridgehead atoms. The monoisotopic (exact) mass is 332 g/mol. The summed E-state index contributed by atoms with van der Waals surface area (Å²) in [5, 5.41) is 5.47. The summed E-state index contributed by atoms with van der Waals surface area (Å²) >= 11 is 1.62. The van der Waals surface area contributed by atoms with Crippen LogP contribution >= 0.6 is 11.3 Å². The molecule has 0 atom stereocenters.